The minimum absolute atomic E-state index is 0.154. The molecule has 0 saturated heterocycles. The third kappa shape index (κ3) is 5.63. The predicted octanol–water partition coefficient (Wildman–Crippen LogP) is 1.06. The summed E-state index contributed by atoms with van der Waals surface area (Å²) < 4.78 is 6.10. The average Bonchev–Trinajstić information content (AvgIpc) is 2.14. The average molecular weight is 233 g/mol. The fourth-order valence-electron chi connectivity index (χ4n) is 1.31. The van der Waals surface area contributed by atoms with Gasteiger partial charge in [-0.3, -0.25) is 14.9 Å². The molecule has 0 aromatic heterocycles. The Labute approximate surface area is 95.5 Å². The molecule has 5 heteroatoms. The molecule has 4 nitrogen and oxygen atoms in total. The second-order valence-electron chi connectivity index (χ2n) is 4.85. The molecule has 3 N–H and O–H groups in total. The first-order valence-electron chi connectivity index (χ1n) is 5.64. The van der Waals surface area contributed by atoms with Crippen LogP contribution in [0, 0.1) is 0 Å². The van der Waals surface area contributed by atoms with Gasteiger partial charge in [0.05, 0.1) is 5.60 Å². The van der Waals surface area contributed by atoms with Gasteiger partial charge in [-0.2, -0.15) is 0 Å². The quantitative estimate of drug-likeness (QED) is 0.601. The lowest BCUT2D eigenvalue weighted by Gasteiger charge is -2.37. The first-order valence-corrected chi connectivity index (χ1v) is 7.55. The Bertz CT molecular complexity index is 178. The van der Waals surface area contributed by atoms with Crippen molar-refractivity contribution in [3.8, 4) is 0 Å². The van der Waals surface area contributed by atoms with E-state index in [4.69, 9.17) is 4.43 Å². The normalized spacial score (nSPS) is 15.4. The van der Waals surface area contributed by atoms with Gasteiger partial charge in [0.2, 0.25) is 0 Å². The van der Waals surface area contributed by atoms with E-state index in [0.717, 1.165) is 6.42 Å². The highest BCUT2D eigenvalue weighted by Gasteiger charge is 2.38. The zero-order valence-electron chi connectivity index (χ0n) is 11.2. The van der Waals surface area contributed by atoms with E-state index in [2.05, 4.69) is 49.6 Å². The van der Waals surface area contributed by atoms with Crippen LogP contribution in [0.15, 0.2) is 0 Å². The van der Waals surface area contributed by atoms with Crippen LogP contribution in [0.25, 0.3) is 0 Å². The Kier molecular flexibility index (Phi) is 5.98. The van der Waals surface area contributed by atoms with Crippen molar-refractivity contribution >= 4 is 8.80 Å². The fourth-order valence-corrected chi connectivity index (χ4v) is 3.93. The monoisotopic (exact) mass is 233 g/mol. The van der Waals surface area contributed by atoms with Crippen molar-refractivity contribution in [3.63, 3.8) is 0 Å². The molecule has 0 amide bonds. The minimum atomic E-state index is -2.21. The smallest absolute Gasteiger partial charge is 0.375 e. The molecule has 0 radical (unpaired) electrons. The van der Waals surface area contributed by atoms with Gasteiger partial charge < -0.3 is 4.43 Å². The maximum Gasteiger partial charge on any atom is 0.440 e. The van der Waals surface area contributed by atoms with Crippen LogP contribution >= 0.6 is 0 Å². The summed E-state index contributed by atoms with van der Waals surface area (Å²) in [6, 6.07) is 0.443. The molecular weight excluding hydrogens is 206 g/mol. The van der Waals surface area contributed by atoms with Crippen LogP contribution in [-0.2, 0) is 4.43 Å². The molecular formula is C10H27N3OSi. The number of rotatable bonds is 6. The molecule has 1 atom stereocenters. The summed E-state index contributed by atoms with van der Waals surface area (Å²) >= 11 is 0. The molecule has 0 saturated carbocycles. The minimum Gasteiger partial charge on any atom is -0.375 e. The van der Waals surface area contributed by atoms with E-state index in [1.165, 1.54) is 0 Å². The lowest BCUT2D eigenvalue weighted by Crippen LogP contribution is -2.75. The Morgan fingerprint density at radius 1 is 1.20 bits per heavy atom. The molecule has 92 valence electrons. The topological polar surface area (TPSA) is 45.3 Å². The van der Waals surface area contributed by atoms with Crippen molar-refractivity contribution in [2.24, 2.45) is 0 Å². The Morgan fingerprint density at radius 2 is 1.67 bits per heavy atom. The molecule has 0 heterocycles. The number of hydrogen-bond acceptors (Lipinski definition) is 4. The molecule has 0 aromatic rings. The van der Waals surface area contributed by atoms with Gasteiger partial charge in [0, 0.05) is 6.04 Å². The molecule has 15 heavy (non-hydrogen) atoms. The largest absolute Gasteiger partial charge is 0.440 e. The van der Waals surface area contributed by atoms with Crippen LogP contribution < -0.4 is 14.9 Å². The summed E-state index contributed by atoms with van der Waals surface area (Å²) in [6.07, 6.45) is 1.09. The second kappa shape index (κ2) is 5.96. The predicted molar refractivity (Wildman–Crippen MR) is 67.6 cm³/mol. The molecule has 0 fully saturated rings. The van der Waals surface area contributed by atoms with E-state index in [9.17, 15) is 0 Å². The molecule has 0 aliphatic rings. The summed E-state index contributed by atoms with van der Waals surface area (Å²) in [5, 5.41) is 0. The standard InChI is InChI=1S/C10H27N3OSi/c1-8-9(2)13-15(11-6,12-7)14-10(3,4)5/h9,11-13H,8H2,1-7H3. The van der Waals surface area contributed by atoms with Gasteiger partial charge in [-0.25, -0.2) is 0 Å². The molecule has 0 spiro atoms. The second-order valence-corrected chi connectivity index (χ2v) is 7.70. The van der Waals surface area contributed by atoms with E-state index in [1.54, 1.807) is 0 Å². The first kappa shape index (κ1) is 15.1. The maximum atomic E-state index is 6.10. The highest BCUT2D eigenvalue weighted by Crippen LogP contribution is 2.11. The molecule has 0 aliphatic carbocycles. The third-order valence-corrected chi connectivity index (χ3v) is 5.45. The Hall–Kier alpha value is 0.0569. The van der Waals surface area contributed by atoms with Gasteiger partial charge >= 0.3 is 8.80 Å². The summed E-state index contributed by atoms with van der Waals surface area (Å²) in [5.41, 5.74) is -0.154. The van der Waals surface area contributed by atoms with Crippen molar-refractivity contribution in [1.82, 2.24) is 14.9 Å². The van der Waals surface area contributed by atoms with Crippen LogP contribution in [0.1, 0.15) is 41.0 Å². The first-order chi connectivity index (χ1) is 6.78. The molecule has 0 aromatic carbocycles. The van der Waals surface area contributed by atoms with Gasteiger partial charge in [-0.05, 0) is 41.3 Å². The molecule has 0 aliphatic heterocycles. The van der Waals surface area contributed by atoms with E-state index in [1.807, 2.05) is 14.1 Å². The van der Waals surface area contributed by atoms with Crippen molar-refractivity contribution < 1.29 is 4.43 Å². The van der Waals surface area contributed by atoms with Crippen molar-refractivity contribution in [1.29, 1.82) is 0 Å². The Morgan fingerprint density at radius 3 is 1.93 bits per heavy atom. The van der Waals surface area contributed by atoms with Crippen LogP contribution in [0.5, 0.6) is 0 Å². The molecule has 0 rings (SSSR count). The van der Waals surface area contributed by atoms with Crippen LogP contribution in [-0.4, -0.2) is 34.5 Å². The summed E-state index contributed by atoms with van der Waals surface area (Å²) in [5.74, 6) is 0. The van der Waals surface area contributed by atoms with Crippen molar-refractivity contribution in [3.05, 3.63) is 0 Å². The maximum absolute atomic E-state index is 6.10. The number of hydrogen-bond donors (Lipinski definition) is 3. The SMILES string of the molecule is CCC(C)N[Si](NC)(NC)OC(C)(C)C. The van der Waals surface area contributed by atoms with E-state index >= 15 is 0 Å². The van der Waals surface area contributed by atoms with Crippen LogP contribution in [0.4, 0.5) is 0 Å². The van der Waals surface area contributed by atoms with Crippen molar-refractivity contribution in [2.75, 3.05) is 14.1 Å². The molecule has 0 bridgehead atoms. The molecule has 1 unspecified atom stereocenters. The summed E-state index contributed by atoms with van der Waals surface area (Å²) in [7, 11) is 1.66. The summed E-state index contributed by atoms with van der Waals surface area (Å²) in [6.45, 7) is 10.5. The van der Waals surface area contributed by atoms with E-state index in [0.29, 0.717) is 6.04 Å². The van der Waals surface area contributed by atoms with Gasteiger partial charge in [-0.15, -0.1) is 0 Å². The van der Waals surface area contributed by atoms with Crippen LogP contribution in [0.3, 0.4) is 0 Å². The van der Waals surface area contributed by atoms with Gasteiger partial charge in [0.1, 0.15) is 0 Å². The fraction of sp³-hybridized carbons (Fsp3) is 1.00. The summed E-state index contributed by atoms with van der Waals surface area (Å²) in [4.78, 5) is 10.1. The van der Waals surface area contributed by atoms with E-state index in [-0.39, 0.29) is 5.60 Å². The third-order valence-electron chi connectivity index (χ3n) is 2.23. The van der Waals surface area contributed by atoms with Gasteiger partial charge in [-0.1, -0.05) is 13.8 Å². The van der Waals surface area contributed by atoms with Gasteiger partial charge in [0.15, 0.2) is 0 Å². The highest BCUT2D eigenvalue weighted by molar-refractivity contribution is 6.66. The van der Waals surface area contributed by atoms with Crippen LogP contribution in [0.2, 0.25) is 0 Å². The van der Waals surface area contributed by atoms with E-state index < -0.39 is 8.80 Å². The number of nitrogens with one attached hydrogen (secondary N) is 3. The lowest BCUT2D eigenvalue weighted by atomic mass is 10.2. The zero-order valence-corrected chi connectivity index (χ0v) is 12.2. The van der Waals surface area contributed by atoms with Gasteiger partial charge in [0.25, 0.3) is 0 Å². The zero-order chi connectivity index (χ0) is 12.1. The lowest BCUT2D eigenvalue weighted by molar-refractivity contribution is 0.101. The highest BCUT2D eigenvalue weighted by atomic mass is 28.4. The Balaban J connectivity index is 4.57. The van der Waals surface area contributed by atoms with Crippen molar-refractivity contribution in [2.45, 2.75) is 52.7 Å².